The molecule has 92 valence electrons. The lowest BCUT2D eigenvalue weighted by molar-refractivity contribution is -0.144. The number of hydrogen-bond acceptors (Lipinski definition) is 3. The van der Waals surface area contributed by atoms with Gasteiger partial charge in [0.1, 0.15) is 0 Å². The van der Waals surface area contributed by atoms with Gasteiger partial charge >= 0.3 is 9.24 Å². The zero-order chi connectivity index (χ0) is 12.8. The normalized spacial score (nSPS) is 24.6. The van der Waals surface area contributed by atoms with Crippen molar-refractivity contribution in [1.29, 1.82) is 0 Å². The standard InChI is InChI=1S/C10H9ClINO3S/c1-10(7-2-4-8(12)5-3-7)6-9(14)13(10)17(11,15)16/h2-5H,6H2,1H3. The largest absolute Gasteiger partial charge is 0.324 e. The average molecular weight is 386 g/mol. The zero-order valence-corrected chi connectivity index (χ0v) is 12.6. The molecule has 1 saturated heterocycles. The van der Waals surface area contributed by atoms with Gasteiger partial charge in [-0.2, -0.15) is 8.42 Å². The van der Waals surface area contributed by atoms with E-state index in [1.165, 1.54) is 0 Å². The van der Waals surface area contributed by atoms with Crippen LogP contribution in [0.1, 0.15) is 18.9 Å². The summed E-state index contributed by atoms with van der Waals surface area (Å²) >= 11 is 2.16. The summed E-state index contributed by atoms with van der Waals surface area (Å²) < 4.78 is 24.5. The Hall–Kier alpha value is -0.340. The molecule has 17 heavy (non-hydrogen) atoms. The fourth-order valence-corrected chi connectivity index (χ4v) is 4.02. The van der Waals surface area contributed by atoms with Crippen molar-refractivity contribution >= 4 is 48.4 Å². The van der Waals surface area contributed by atoms with E-state index in [1.54, 1.807) is 6.92 Å². The first-order valence-corrected chi connectivity index (χ1v) is 8.13. The highest BCUT2D eigenvalue weighted by atomic mass is 127. The van der Waals surface area contributed by atoms with Gasteiger partial charge in [-0.1, -0.05) is 12.1 Å². The Labute approximate surface area is 118 Å². The molecule has 0 aromatic heterocycles. The molecule has 1 heterocycles. The Bertz CT molecular complexity index is 572. The summed E-state index contributed by atoms with van der Waals surface area (Å²) in [5.41, 5.74) is -0.0936. The summed E-state index contributed by atoms with van der Waals surface area (Å²) in [5, 5.41) is 0. The molecule has 1 aliphatic heterocycles. The number of nitrogens with zero attached hydrogens (tertiary/aromatic N) is 1. The first kappa shape index (κ1) is 13.1. The molecule has 0 radical (unpaired) electrons. The van der Waals surface area contributed by atoms with Crippen LogP contribution in [0.15, 0.2) is 24.3 Å². The lowest BCUT2D eigenvalue weighted by Crippen LogP contribution is -2.60. The Kier molecular flexibility index (Phi) is 3.16. The van der Waals surface area contributed by atoms with Crippen LogP contribution in [0.3, 0.4) is 0 Å². The molecule has 0 N–H and O–H groups in total. The van der Waals surface area contributed by atoms with E-state index in [4.69, 9.17) is 10.7 Å². The molecule has 0 aliphatic carbocycles. The molecule has 1 fully saturated rings. The minimum Gasteiger partial charge on any atom is -0.274 e. The van der Waals surface area contributed by atoms with Gasteiger partial charge in [-0.25, -0.2) is 4.31 Å². The van der Waals surface area contributed by atoms with Crippen molar-refractivity contribution in [1.82, 2.24) is 4.31 Å². The van der Waals surface area contributed by atoms with Gasteiger partial charge in [-0.3, -0.25) is 4.79 Å². The van der Waals surface area contributed by atoms with Gasteiger partial charge in [0.2, 0.25) is 5.91 Å². The molecule has 0 bridgehead atoms. The van der Waals surface area contributed by atoms with Crippen molar-refractivity contribution in [3.8, 4) is 0 Å². The quantitative estimate of drug-likeness (QED) is 0.446. The molecule has 0 spiro atoms. The van der Waals surface area contributed by atoms with Gasteiger partial charge in [0.15, 0.2) is 0 Å². The highest BCUT2D eigenvalue weighted by Gasteiger charge is 2.54. The summed E-state index contributed by atoms with van der Waals surface area (Å²) in [4.78, 5) is 11.4. The van der Waals surface area contributed by atoms with Crippen LogP contribution in [-0.4, -0.2) is 18.6 Å². The predicted octanol–water partition coefficient (Wildman–Crippen LogP) is 2.22. The molecule has 7 heteroatoms. The van der Waals surface area contributed by atoms with Gasteiger partial charge in [-0.15, -0.1) is 0 Å². The maximum atomic E-state index is 11.4. The number of amides is 1. The molecule has 2 rings (SSSR count). The minimum absolute atomic E-state index is 0.152. The van der Waals surface area contributed by atoms with E-state index in [0.717, 1.165) is 13.4 Å². The molecule has 1 aromatic carbocycles. The Balaban J connectivity index is 2.45. The van der Waals surface area contributed by atoms with Gasteiger partial charge in [0.05, 0.1) is 12.0 Å². The second kappa shape index (κ2) is 4.10. The van der Waals surface area contributed by atoms with Crippen molar-refractivity contribution in [2.45, 2.75) is 18.9 Å². The van der Waals surface area contributed by atoms with Crippen LogP contribution in [0.4, 0.5) is 0 Å². The van der Waals surface area contributed by atoms with Crippen LogP contribution in [0.5, 0.6) is 0 Å². The van der Waals surface area contributed by atoms with Gasteiger partial charge in [0.25, 0.3) is 0 Å². The minimum atomic E-state index is -4.03. The maximum absolute atomic E-state index is 11.4. The smallest absolute Gasteiger partial charge is 0.274 e. The molecular formula is C10H9ClINO3S. The second-order valence-corrected chi connectivity index (χ2v) is 7.66. The fourth-order valence-electron chi connectivity index (χ4n) is 2.01. The third-order valence-corrected chi connectivity index (χ3v) is 5.03. The topological polar surface area (TPSA) is 54.5 Å². The fraction of sp³-hybridized carbons (Fsp3) is 0.300. The maximum Gasteiger partial charge on any atom is 0.324 e. The van der Waals surface area contributed by atoms with Gasteiger partial charge in [0, 0.05) is 14.3 Å². The van der Waals surface area contributed by atoms with Crippen LogP contribution in [-0.2, 0) is 19.6 Å². The summed E-state index contributed by atoms with van der Waals surface area (Å²) in [7, 11) is 1.24. The third-order valence-electron chi connectivity index (χ3n) is 2.85. The average Bonchev–Trinajstić information content (AvgIpc) is 2.14. The van der Waals surface area contributed by atoms with Crippen molar-refractivity contribution in [3.63, 3.8) is 0 Å². The molecule has 1 amide bonds. The predicted molar refractivity (Wildman–Crippen MR) is 72.7 cm³/mol. The molecule has 4 nitrogen and oxygen atoms in total. The number of halogens is 2. The van der Waals surface area contributed by atoms with Crippen LogP contribution in [0.2, 0.25) is 0 Å². The number of benzene rings is 1. The summed E-state index contributed by atoms with van der Waals surface area (Å²) in [6, 6.07) is 7.35. The van der Waals surface area contributed by atoms with Crippen LogP contribution >= 0.6 is 33.3 Å². The number of rotatable bonds is 2. The van der Waals surface area contributed by atoms with Crippen molar-refractivity contribution < 1.29 is 13.2 Å². The van der Waals surface area contributed by atoms with Crippen LogP contribution in [0, 0.1) is 3.57 Å². The van der Waals surface area contributed by atoms with E-state index in [2.05, 4.69) is 22.6 Å². The zero-order valence-electron chi connectivity index (χ0n) is 8.85. The highest BCUT2D eigenvalue weighted by Crippen LogP contribution is 2.44. The summed E-state index contributed by atoms with van der Waals surface area (Å²) in [6.45, 7) is 1.69. The van der Waals surface area contributed by atoms with E-state index < -0.39 is 20.7 Å². The number of hydrogen-bond donors (Lipinski definition) is 0. The van der Waals surface area contributed by atoms with Crippen LogP contribution in [0.25, 0.3) is 0 Å². The molecule has 1 aromatic rings. The van der Waals surface area contributed by atoms with Gasteiger partial charge in [-0.05, 0) is 47.2 Å². The number of carbonyl (C=O) groups is 1. The number of carbonyl (C=O) groups excluding carboxylic acids is 1. The van der Waals surface area contributed by atoms with Crippen molar-refractivity contribution in [2.24, 2.45) is 0 Å². The number of β-lactam (4-membered cyclic amide) rings is 1. The third kappa shape index (κ3) is 2.17. The second-order valence-electron chi connectivity index (χ2n) is 4.06. The van der Waals surface area contributed by atoms with Gasteiger partial charge < -0.3 is 0 Å². The van der Waals surface area contributed by atoms with E-state index in [9.17, 15) is 13.2 Å². The van der Waals surface area contributed by atoms with E-state index in [0.29, 0.717) is 0 Å². The Morgan fingerprint density at radius 2 is 1.88 bits per heavy atom. The van der Waals surface area contributed by atoms with E-state index in [-0.39, 0.29) is 6.42 Å². The van der Waals surface area contributed by atoms with E-state index in [1.807, 2.05) is 24.3 Å². The molecule has 0 saturated carbocycles. The lowest BCUT2D eigenvalue weighted by atomic mass is 9.82. The highest BCUT2D eigenvalue weighted by molar-refractivity contribution is 14.1. The van der Waals surface area contributed by atoms with Crippen molar-refractivity contribution in [2.75, 3.05) is 0 Å². The molecule has 1 aliphatic rings. The molecular weight excluding hydrogens is 377 g/mol. The monoisotopic (exact) mass is 385 g/mol. The molecule has 1 atom stereocenters. The first-order chi connectivity index (χ1) is 7.75. The van der Waals surface area contributed by atoms with Crippen LogP contribution < -0.4 is 0 Å². The molecule has 1 unspecified atom stereocenters. The summed E-state index contributed by atoms with van der Waals surface area (Å²) in [5.74, 6) is -0.471. The lowest BCUT2D eigenvalue weighted by Gasteiger charge is -2.47. The Morgan fingerprint density at radius 3 is 2.29 bits per heavy atom. The van der Waals surface area contributed by atoms with Crippen molar-refractivity contribution in [3.05, 3.63) is 33.4 Å². The SMILES string of the molecule is CC1(c2ccc(I)cc2)CC(=O)N1S(=O)(=O)Cl. The van der Waals surface area contributed by atoms with E-state index >= 15 is 0 Å². The summed E-state index contributed by atoms with van der Waals surface area (Å²) in [6.07, 6.45) is 0.152. The Morgan fingerprint density at radius 1 is 1.35 bits per heavy atom. The first-order valence-electron chi connectivity index (χ1n) is 4.79.